The number of ether oxygens (including phenoxy) is 2. The number of ketones is 1. The second-order valence-electron chi connectivity index (χ2n) is 6.41. The molecule has 0 amide bonds. The molecular formula is C20H23BrO6S. The van der Waals surface area contributed by atoms with E-state index < -0.39 is 21.7 Å². The number of carbonyl (C=O) groups is 1. The molecule has 0 spiro atoms. The van der Waals surface area contributed by atoms with Crippen molar-refractivity contribution in [3.05, 3.63) is 63.4 Å². The van der Waals surface area contributed by atoms with E-state index in [1.54, 1.807) is 19.1 Å². The monoisotopic (exact) mass is 470 g/mol. The molecule has 0 fully saturated rings. The van der Waals surface area contributed by atoms with E-state index >= 15 is 0 Å². The van der Waals surface area contributed by atoms with Gasteiger partial charge in [0.1, 0.15) is 10.7 Å². The fourth-order valence-corrected chi connectivity index (χ4v) is 3.96. The van der Waals surface area contributed by atoms with E-state index in [0.29, 0.717) is 0 Å². The third kappa shape index (κ3) is 4.46. The van der Waals surface area contributed by atoms with Crippen molar-refractivity contribution < 1.29 is 26.9 Å². The first-order valence-electron chi connectivity index (χ1n) is 8.52. The third-order valence-corrected chi connectivity index (χ3v) is 6.27. The van der Waals surface area contributed by atoms with Crippen LogP contribution in [0.25, 0.3) is 0 Å². The van der Waals surface area contributed by atoms with Gasteiger partial charge in [-0.1, -0.05) is 29.3 Å². The molecule has 1 aromatic rings. The van der Waals surface area contributed by atoms with E-state index in [2.05, 4.69) is 15.9 Å². The first kappa shape index (κ1) is 22.5. The molecule has 1 aromatic carbocycles. The maximum absolute atomic E-state index is 12.8. The second-order valence-corrected chi connectivity index (χ2v) is 8.81. The first-order chi connectivity index (χ1) is 13.1. The van der Waals surface area contributed by atoms with Crippen molar-refractivity contribution in [2.45, 2.75) is 38.4 Å². The van der Waals surface area contributed by atoms with E-state index in [4.69, 9.17) is 13.7 Å². The average Bonchev–Trinajstić information content (AvgIpc) is 2.66. The Morgan fingerprint density at radius 2 is 1.82 bits per heavy atom. The lowest BCUT2D eigenvalue weighted by Gasteiger charge is -2.34. The van der Waals surface area contributed by atoms with Crippen LogP contribution in [0.2, 0.25) is 0 Å². The minimum Gasteiger partial charge on any atom is -0.379 e. The van der Waals surface area contributed by atoms with Crippen LogP contribution < -0.4 is 0 Å². The van der Waals surface area contributed by atoms with Crippen LogP contribution in [0, 0.1) is 6.92 Å². The molecule has 0 saturated heterocycles. The van der Waals surface area contributed by atoms with Crippen LogP contribution in [0.3, 0.4) is 0 Å². The van der Waals surface area contributed by atoms with Crippen molar-refractivity contribution in [1.29, 1.82) is 0 Å². The van der Waals surface area contributed by atoms with Gasteiger partial charge in [0.2, 0.25) is 5.78 Å². The van der Waals surface area contributed by atoms with Crippen molar-refractivity contribution in [3.8, 4) is 0 Å². The fourth-order valence-electron chi connectivity index (χ4n) is 2.51. The molecule has 8 heteroatoms. The van der Waals surface area contributed by atoms with Gasteiger partial charge in [0.15, 0.2) is 0 Å². The topological polar surface area (TPSA) is 78.9 Å². The molecule has 2 rings (SSSR count). The Bertz CT molecular complexity index is 957. The van der Waals surface area contributed by atoms with Crippen LogP contribution in [0.15, 0.2) is 62.7 Å². The summed E-state index contributed by atoms with van der Waals surface area (Å²) in [5, 5.41) is 0. The summed E-state index contributed by atoms with van der Waals surface area (Å²) >= 11 is 3.16. The molecule has 0 bridgehead atoms. The SMILES string of the molecule is CC=C(C)COC1(OC)C(=O)C(Br)=CC(OS(=O)(=O)c2ccc(C)cc2)=C1C. The largest absolute Gasteiger partial charge is 0.379 e. The molecule has 0 saturated carbocycles. The lowest BCUT2D eigenvalue weighted by Crippen LogP contribution is -2.47. The highest BCUT2D eigenvalue weighted by molar-refractivity contribution is 9.12. The summed E-state index contributed by atoms with van der Waals surface area (Å²) in [6.07, 6.45) is 3.16. The summed E-state index contributed by atoms with van der Waals surface area (Å²) in [6, 6.07) is 6.28. The van der Waals surface area contributed by atoms with Crippen molar-refractivity contribution in [1.82, 2.24) is 0 Å². The van der Waals surface area contributed by atoms with E-state index in [9.17, 15) is 13.2 Å². The van der Waals surface area contributed by atoms with Crippen molar-refractivity contribution in [3.63, 3.8) is 0 Å². The molecule has 1 aliphatic carbocycles. The number of halogens is 1. The Labute approximate surface area is 174 Å². The predicted octanol–water partition coefficient (Wildman–Crippen LogP) is 4.16. The van der Waals surface area contributed by atoms with Gasteiger partial charge in [-0.3, -0.25) is 4.79 Å². The van der Waals surface area contributed by atoms with Crippen LogP contribution in [-0.4, -0.2) is 33.7 Å². The zero-order valence-corrected chi connectivity index (χ0v) is 18.8. The van der Waals surface area contributed by atoms with E-state index in [1.807, 2.05) is 26.8 Å². The summed E-state index contributed by atoms with van der Waals surface area (Å²) in [4.78, 5) is 12.8. The zero-order chi connectivity index (χ0) is 21.1. The van der Waals surface area contributed by atoms with Crippen LogP contribution in [-0.2, 0) is 28.6 Å². The number of carbonyl (C=O) groups excluding carboxylic acids is 1. The standard InChI is InChI=1S/C20H23BrO6S/c1-6-13(2)12-26-20(25-5)15(4)18(11-17(21)19(20)22)27-28(23,24)16-9-7-14(3)8-10-16/h6-11H,12H2,1-5H3. The summed E-state index contributed by atoms with van der Waals surface area (Å²) in [5.74, 6) is -2.29. The van der Waals surface area contributed by atoms with Gasteiger partial charge in [0.05, 0.1) is 11.1 Å². The molecule has 28 heavy (non-hydrogen) atoms. The normalized spacial score (nSPS) is 21.0. The Kier molecular flexibility index (Phi) is 7.03. The van der Waals surface area contributed by atoms with Gasteiger partial charge in [0, 0.05) is 18.8 Å². The van der Waals surface area contributed by atoms with Crippen LogP contribution in [0.5, 0.6) is 0 Å². The number of hydrogen-bond acceptors (Lipinski definition) is 6. The fraction of sp³-hybridized carbons (Fsp3) is 0.350. The molecule has 1 unspecified atom stereocenters. The van der Waals surface area contributed by atoms with Crippen molar-refractivity contribution >= 4 is 31.8 Å². The third-order valence-electron chi connectivity index (χ3n) is 4.43. The number of Topliss-reactive ketones (excluding diaryl/α,β-unsaturated/α-hetero) is 1. The number of aryl methyl sites for hydroxylation is 1. The van der Waals surface area contributed by atoms with Gasteiger partial charge in [-0.25, -0.2) is 0 Å². The highest BCUT2D eigenvalue weighted by Crippen LogP contribution is 2.38. The van der Waals surface area contributed by atoms with Gasteiger partial charge >= 0.3 is 10.1 Å². The lowest BCUT2D eigenvalue weighted by molar-refractivity contribution is -0.194. The van der Waals surface area contributed by atoms with Crippen LogP contribution in [0.4, 0.5) is 0 Å². The number of methoxy groups -OCH3 is 1. The average molecular weight is 471 g/mol. The Hall–Kier alpha value is -1.74. The maximum Gasteiger partial charge on any atom is 0.339 e. The van der Waals surface area contributed by atoms with Gasteiger partial charge in [-0.2, -0.15) is 8.42 Å². The van der Waals surface area contributed by atoms with Gasteiger partial charge in [-0.15, -0.1) is 0 Å². The van der Waals surface area contributed by atoms with Gasteiger partial charge < -0.3 is 13.7 Å². The molecule has 0 N–H and O–H groups in total. The lowest BCUT2D eigenvalue weighted by atomic mass is 9.96. The molecule has 152 valence electrons. The molecular weight excluding hydrogens is 448 g/mol. The summed E-state index contributed by atoms with van der Waals surface area (Å²) in [7, 11) is -2.78. The maximum atomic E-state index is 12.8. The zero-order valence-electron chi connectivity index (χ0n) is 16.4. The quantitative estimate of drug-likeness (QED) is 0.338. The smallest absolute Gasteiger partial charge is 0.339 e. The molecule has 0 radical (unpaired) electrons. The highest BCUT2D eigenvalue weighted by atomic mass is 79.9. The molecule has 1 aliphatic rings. The number of allylic oxidation sites excluding steroid dienone is 2. The summed E-state index contributed by atoms with van der Waals surface area (Å²) < 4.78 is 42.0. The van der Waals surface area contributed by atoms with Crippen LogP contribution >= 0.6 is 15.9 Å². The Morgan fingerprint density at radius 3 is 2.36 bits per heavy atom. The van der Waals surface area contributed by atoms with E-state index in [0.717, 1.165) is 11.1 Å². The summed E-state index contributed by atoms with van der Waals surface area (Å²) in [6.45, 7) is 7.23. The van der Waals surface area contributed by atoms with E-state index in [-0.39, 0.29) is 27.3 Å². The highest BCUT2D eigenvalue weighted by Gasteiger charge is 2.48. The molecule has 1 atom stereocenters. The predicted molar refractivity (Wildman–Crippen MR) is 109 cm³/mol. The van der Waals surface area contributed by atoms with Gasteiger partial charge in [0.25, 0.3) is 5.79 Å². The second kappa shape index (κ2) is 8.73. The number of hydrogen-bond donors (Lipinski definition) is 0. The molecule has 0 aromatic heterocycles. The minimum absolute atomic E-state index is 0.00789. The first-order valence-corrected chi connectivity index (χ1v) is 10.7. The Balaban J connectivity index is 2.47. The van der Waals surface area contributed by atoms with Gasteiger partial charge in [-0.05, 0) is 55.8 Å². The Morgan fingerprint density at radius 1 is 1.21 bits per heavy atom. The molecule has 0 heterocycles. The van der Waals surface area contributed by atoms with Crippen LogP contribution in [0.1, 0.15) is 26.3 Å². The van der Waals surface area contributed by atoms with E-state index in [1.165, 1.54) is 25.3 Å². The molecule has 6 nitrogen and oxygen atoms in total. The number of rotatable bonds is 7. The van der Waals surface area contributed by atoms with Crippen molar-refractivity contribution in [2.24, 2.45) is 0 Å². The van der Waals surface area contributed by atoms with Crippen molar-refractivity contribution in [2.75, 3.05) is 13.7 Å². The number of benzene rings is 1. The summed E-state index contributed by atoms with van der Waals surface area (Å²) in [5.41, 5.74) is 2.02. The minimum atomic E-state index is -4.10. The molecule has 0 aliphatic heterocycles.